The maximum Gasteiger partial charge on any atom is 0.416 e. The van der Waals surface area contributed by atoms with Crippen molar-refractivity contribution in [3.63, 3.8) is 0 Å². The lowest BCUT2D eigenvalue weighted by Gasteiger charge is -2.18. The van der Waals surface area contributed by atoms with Crippen LogP contribution in [0.4, 0.5) is 17.6 Å². The topological polar surface area (TPSA) is 90.0 Å². The summed E-state index contributed by atoms with van der Waals surface area (Å²) in [5, 5.41) is 12.2. The summed E-state index contributed by atoms with van der Waals surface area (Å²) in [6.07, 6.45) is -0.642. The number of hydrogen-bond acceptors (Lipinski definition) is 6. The number of ether oxygens (including phenoxy) is 2. The third kappa shape index (κ3) is 7.75. The molecular weight excluding hydrogens is 534 g/mol. The summed E-state index contributed by atoms with van der Waals surface area (Å²) in [5.41, 5.74) is 7.16. The molecule has 39 heavy (non-hydrogen) atoms. The first-order valence-corrected chi connectivity index (χ1v) is 13.0. The van der Waals surface area contributed by atoms with E-state index in [0.29, 0.717) is 43.0 Å². The number of hydrogen-bond donors (Lipinski definition) is 2. The van der Waals surface area contributed by atoms with E-state index in [1.54, 1.807) is 0 Å². The normalized spacial score (nSPS) is 16.2. The van der Waals surface area contributed by atoms with Gasteiger partial charge in [0.05, 0.1) is 41.0 Å². The van der Waals surface area contributed by atoms with Crippen LogP contribution in [0.1, 0.15) is 34.5 Å². The summed E-state index contributed by atoms with van der Waals surface area (Å²) < 4.78 is 65.1. The molecule has 206 valence electrons. The van der Waals surface area contributed by atoms with Crippen LogP contribution < -0.4 is 5.73 Å². The van der Waals surface area contributed by atoms with Crippen LogP contribution in [0.15, 0.2) is 83.3 Å². The standard InChI is InChI=1S/C28H27F4N3O3S/c29-23-15-21(12-13-22(23)26(33)35-36)38-17-25-24(7-4-14-37-16-18-5-2-1-3-6-18)34-27(39-25)19-8-10-20(11-9-19)28(30,31)32/h1-3,5-6,8-11,13,15,21,36H,4,7,12,14,16-17H2,(H2,33,35). The van der Waals surface area contributed by atoms with E-state index in [4.69, 9.17) is 25.4 Å². The largest absolute Gasteiger partial charge is 0.416 e. The van der Waals surface area contributed by atoms with Gasteiger partial charge in [-0.15, -0.1) is 11.3 Å². The fourth-order valence-electron chi connectivity index (χ4n) is 3.95. The SMILES string of the molecule is NC(=NO)C1=CCC(OCc2sc(-c3ccc(C(F)(F)F)cc3)nc2CCCOCc2ccccc2)C=C1F. The molecule has 0 saturated heterocycles. The van der Waals surface area contributed by atoms with Gasteiger partial charge >= 0.3 is 6.18 Å². The Kier molecular flexibility index (Phi) is 9.50. The Bertz CT molecular complexity index is 1340. The Morgan fingerprint density at radius 2 is 1.85 bits per heavy atom. The summed E-state index contributed by atoms with van der Waals surface area (Å²) in [6, 6.07) is 14.7. The maximum atomic E-state index is 14.4. The Hall–Kier alpha value is -3.54. The van der Waals surface area contributed by atoms with Crippen molar-refractivity contribution in [3.8, 4) is 10.6 Å². The number of thiazole rings is 1. The molecular formula is C28H27F4N3O3S. The second kappa shape index (κ2) is 13.0. The minimum atomic E-state index is -4.42. The summed E-state index contributed by atoms with van der Waals surface area (Å²) >= 11 is 1.32. The fraction of sp³-hybridized carbons (Fsp3) is 0.286. The number of alkyl halides is 3. The molecule has 11 heteroatoms. The summed E-state index contributed by atoms with van der Waals surface area (Å²) in [7, 11) is 0. The quantitative estimate of drug-likeness (QED) is 0.0672. The highest BCUT2D eigenvalue weighted by molar-refractivity contribution is 7.15. The lowest BCUT2D eigenvalue weighted by Crippen LogP contribution is -2.20. The monoisotopic (exact) mass is 561 g/mol. The highest BCUT2D eigenvalue weighted by atomic mass is 32.1. The Morgan fingerprint density at radius 1 is 1.10 bits per heavy atom. The van der Waals surface area contributed by atoms with Gasteiger partial charge in [0.25, 0.3) is 0 Å². The molecule has 0 saturated carbocycles. The second-order valence-electron chi connectivity index (χ2n) is 8.81. The van der Waals surface area contributed by atoms with Crippen LogP contribution in [0.3, 0.4) is 0 Å². The van der Waals surface area contributed by atoms with Crippen LogP contribution in [0.5, 0.6) is 0 Å². The molecule has 1 unspecified atom stereocenters. The molecule has 1 aromatic heterocycles. The first kappa shape index (κ1) is 28.5. The van der Waals surface area contributed by atoms with Gasteiger partial charge in [-0.2, -0.15) is 13.2 Å². The van der Waals surface area contributed by atoms with Crippen molar-refractivity contribution in [3.05, 3.63) is 99.8 Å². The lowest BCUT2D eigenvalue weighted by molar-refractivity contribution is -0.137. The van der Waals surface area contributed by atoms with Crippen molar-refractivity contribution >= 4 is 17.2 Å². The van der Waals surface area contributed by atoms with E-state index in [-0.39, 0.29) is 18.0 Å². The van der Waals surface area contributed by atoms with Gasteiger partial charge in [0, 0.05) is 12.2 Å². The van der Waals surface area contributed by atoms with Gasteiger partial charge in [-0.1, -0.05) is 53.7 Å². The van der Waals surface area contributed by atoms with Crippen molar-refractivity contribution in [2.45, 2.75) is 44.8 Å². The average molecular weight is 562 g/mol. The number of benzene rings is 2. The zero-order valence-corrected chi connectivity index (χ0v) is 21.6. The first-order chi connectivity index (χ1) is 18.7. The van der Waals surface area contributed by atoms with Crippen LogP contribution in [0.2, 0.25) is 0 Å². The number of aryl methyl sites for hydroxylation is 1. The van der Waals surface area contributed by atoms with Gasteiger partial charge in [-0.05, 0) is 43.0 Å². The van der Waals surface area contributed by atoms with Crippen molar-refractivity contribution in [2.24, 2.45) is 10.9 Å². The molecule has 0 spiro atoms. The third-order valence-electron chi connectivity index (χ3n) is 6.01. The molecule has 0 aliphatic heterocycles. The molecule has 1 heterocycles. The maximum absolute atomic E-state index is 14.4. The van der Waals surface area contributed by atoms with Gasteiger partial charge in [0.15, 0.2) is 5.84 Å². The highest BCUT2D eigenvalue weighted by Gasteiger charge is 2.30. The zero-order chi connectivity index (χ0) is 27.8. The molecule has 6 nitrogen and oxygen atoms in total. The van der Waals surface area contributed by atoms with Gasteiger partial charge in [-0.25, -0.2) is 9.37 Å². The number of oxime groups is 1. The van der Waals surface area contributed by atoms with Crippen molar-refractivity contribution in [2.75, 3.05) is 6.61 Å². The molecule has 0 fully saturated rings. The highest BCUT2D eigenvalue weighted by Crippen LogP contribution is 2.34. The molecule has 3 N–H and O–H groups in total. The molecule has 1 aliphatic carbocycles. The van der Waals surface area contributed by atoms with Crippen LogP contribution >= 0.6 is 11.3 Å². The van der Waals surface area contributed by atoms with Gasteiger partial charge in [0.1, 0.15) is 10.8 Å². The summed E-state index contributed by atoms with van der Waals surface area (Å²) in [6.45, 7) is 1.13. The molecule has 0 bridgehead atoms. The van der Waals surface area contributed by atoms with Crippen LogP contribution in [0, 0.1) is 0 Å². The Balaban J connectivity index is 1.43. The zero-order valence-electron chi connectivity index (χ0n) is 20.8. The average Bonchev–Trinajstić information content (AvgIpc) is 3.34. The van der Waals surface area contributed by atoms with Crippen LogP contribution in [-0.4, -0.2) is 28.7 Å². The molecule has 1 atom stereocenters. The number of aromatic nitrogens is 1. The van der Waals surface area contributed by atoms with E-state index in [2.05, 4.69) is 5.16 Å². The van der Waals surface area contributed by atoms with E-state index in [0.717, 1.165) is 28.3 Å². The van der Waals surface area contributed by atoms with E-state index in [9.17, 15) is 17.6 Å². The van der Waals surface area contributed by atoms with Crippen LogP contribution in [0.25, 0.3) is 10.6 Å². The molecule has 2 aromatic carbocycles. The first-order valence-electron chi connectivity index (χ1n) is 12.2. The van der Waals surface area contributed by atoms with E-state index in [1.807, 2.05) is 30.3 Å². The van der Waals surface area contributed by atoms with Gasteiger partial charge in [0.2, 0.25) is 0 Å². The number of halogens is 4. The Morgan fingerprint density at radius 3 is 2.51 bits per heavy atom. The smallest absolute Gasteiger partial charge is 0.409 e. The van der Waals surface area contributed by atoms with E-state index >= 15 is 0 Å². The van der Waals surface area contributed by atoms with Crippen molar-refractivity contribution in [1.82, 2.24) is 4.98 Å². The molecule has 0 radical (unpaired) electrons. The predicted molar refractivity (Wildman–Crippen MR) is 141 cm³/mol. The second-order valence-corrected chi connectivity index (χ2v) is 9.89. The van der Waals surface area contributed by atoms with Crippen LogP contribution in [-0.2, 0) is 35.3 Å². The number of nitrogens with zero attached hydrogens (tertiary/aromatic N) is 2. The third-order valence-corrected chi connectivity index (χ3v) is 7.13. The number of rotatable bonds is 11. The summed E-state index contributed by atoms with van der Waals surface area (Å²) in [5.74, 6) is -0.963. The van der Waals surface area contributed by atoms with Crippen molar-refractivity contribution < 1.29 is 32.2 Å². The van der Waals surface area contributed by atoms with Gasteiger partial charge in [-0.3, -0.25) is 0 Å². The van der Waals surface area contributed by atoms with Gasteiger partial charge < -0.3 is 20.4 Å². The van der Waals surface area contributed by atoms with E-state index < -0.39 is 23.7 Å². The fourth-order valence-corrected chi connectivity index (χ4v) is 4.99. The lowest BCUT2D eigenvalue weighted by atomic mass is 10.0. The summed E-state index contributed by atoms with van der Waals surface area (Å²) in [4.78, 5) is 5.49. The molecule has 4 rings (SSSR count). The number of nitrogens with two attached hydrogens (primary N) is 1. The van der Waals surface area contributed by atoms with Crippen molar-refractivity contribution in [1.29, 1.82) is 0 Å². The minimum absolute atomic E-state index is 0.0101. The molecule has 1 aliphatic rings. The predicted octanol–water partition coefficient (Wildman–Crippen LogP) is 6.79. The Labute approximate surface area is 227 Å². The van der Waals surface area contributed by atoms with E-state index in [1.165, 1.54) is 35.6 Å². The molecule has 3 aromatic rings. The molecule has 0 amide bonds. The minimum Gasteiger partial charge on any atom is -0.409 e. The number of amidine groups is 1.